The number of H-pyrrole nitrogens is 1. The SMILES string of the molecule is Cc1[nH]nc2cc(N(CC3CCCC3)C(=O)NCCCn3cncc3C)ccc12. The molecule has 2 aromatic heterocycles. The van der Waals surface area contributed by atoms with Crippen LogP contribution >= 0.6 is 0 Å². The van der Waals surface area contributed by atoms with Crippen molar-refractivity contribution in [3.05, 3.63) is 42.1 Å². The molecule has 0 bridgehead atoms. The van der Waals surface area contributed by atoms with Crippen LogP contribution in [0.5, 0.6) is 0 Å². The molecule has 0 radical (unpaired) electrons. The number of hydrogen-bond donors (Lipinski definition) is 2. The quantitative estimate of drug-likeness (QED) is 0.590. The van der Waals surface area contributed by atoms with E-state index in [1.807, 2.05) is 43.4 Å². The van der Waals surface area contributed by atoms with Gasteiger partial charge in [-0.2, -0.15) is 5.10 Å². The van der Waals surface area contributed by atoms with E-state index < -0.39 is 0 Å². The van der Waals surface area contributed by atoms with Crippen LogP contribution in [0.15, 0.2) is 30.7 Å². The second-order valence-corrected chi connectivity index (χ2v) is 8.13. The van der Waals surface area contributed by atoms with Gasteiger partial charge in [-0.05, 0) is 57.2 Å². The lowest BCUT2D eigenvalue weighted by molar-refractivity contribution is 0.244. The molecule has 29 heavy (non-hydrogen) atoms. The molecular formula is C22H30N6O. The van der Waals surface area contributed by atoms with E-state index >= 15 is 0 Å². The summed E-state index contributed by atoms with van der Waals surface area (Å²) >= 11 is 0. The number of hydrogen-bond acceptors (Lipinski definition) is 3. The number of amides is 2. The molecule has 1 aliphatic carbocycles. The minimum Gasteiger partial charge on any atom is -0.338 e. The van der Waals surface area contributed by atoms with Gasteiger partial charge in [0.05, 0.1) is 11.8 Å². The van der Waals surface area contributed by atoms with E-state index in [4.69, 9.17) is 0 Å². The van der Waals surface area contributed by atoms with Gasteiger partial charge in [0.1, 0.15) is 0 Å². The highest BCUT2D eigenvalue weighted by atomic mass is 16.2. The molecule has 4 rings (SSSR count). The monoisotopic (exact) mass is 394 g/mol. The number of fused-ring (bicyclic) bond motifs is 1. The van der Waals surface area contributed by atoms with Crippen LogP contribution in [-0.4, -0.2) is 38.9 Å². The number of nitrogens with zero attached hydrogens (tertiary/aromatic N) is 4. The van der Waals surface area contributed by atoms with Crippen LogP contribution in [0.2, 0.25) is 0 Å². The third kappa shape index (κ3) is 4.44. The van der Waals surface area contributed by atoms with Crippen LogP contribution in [0.25, 0.3) is 10.9 Å². The van der Waals surface area contributed by atoms with Gasteiger partial charge in [-0.1, -0.05) is 12.8 Å². The summed E-state index contributed by atoms with van der Waals surface area (Å²) in [5.41, 5.74) is 4.01. The average molecular weight is 395 g/mol. The highest BCUT2D eigenvalue weighted by Crippen LogP contribution is 2.29. The average Bonchev–Trinajstić information content (AvgIpc) is 3.46. The van der Waals surface area contributed by atoms with E-state index in [9.17, 15) is 4.79 Å². The zero-order chi connectivity index (χ0) is 20.2. The molecule has 7 nitrogen and oxygen atoms in total. The maximum Gasteiger partial charge on any atom is 0.321 e. The first kappa shape index (κ1) is 19.5. The number of anilines is 1. The van der Waals surface area contributed by atoms with Gasteiger partial charge >= 0.3 is 6.03 Å². The number of aryl methyl sites for hydroxylation is 3. The van der Waals surface area contributed by atoms with Gasteiger partial charge in [0.25, 0.3) is 0 Å². The van der Waals surface area contributed by atoms with Gasteiger partial charge in [-0.3, -0.25) is 10.00 Å². The van der Waals surface area contributed by atoms with Crippen molar-refractivity contribution in [3.8, 4) is 0 Å². The smallest absolute Gasteiger partial charge is 0.321 e. The fraction of sp³-hybridized carbons (Fsp3) is 0.500. The first-order chi connectivity index (χ1) is 14.1. The van der Waals surface area contributed by atoms with Gasteiger partial charge in [0, 0.05) is 48.3 Å². The molecule has 3 aromatic rings. The van der Waals surface area contributed by atoms with E-state index in [1.165, 1.54) is 25.7 Å². The second-order valence-electron chi connectivity index (χ2n) is 8.13. The lowest BCUT2D eigenvalue weighted by Gasteiger charge is -2.26. The van der Waals surface area contributed by atoms with Crippen molar-refractivity contribution in [2.75, 3.05) is 18.0 Å². The van der Waals surface area contributed by atoms with E-state index in [0.29, 0.717) is 12.5 Å². The Balaban J connectivity index is 1.43. The Hall–Kier alpha value is -2.83. The van der Waals surface area contributed by atoms with E-state index in [-0.39, 0.29) is 6.03 Å². The number of urea groups is 1. The molecule has 7 heteroatoms. The zero-order valence-corrected chi connectivity index (χ0v) is 17.3. The first-order valence-electron chi connectivity index (χ1n) is 10.6. The van der Waals surface area contributed by atoms with Crippen molar-refractivity contribution in [3.63, 3.8) is 0 Å². The molecule has 154 valence electrons. The van der Waals surface area contributed by atoms with Crippen molar-refractivity contribution in [2.24, 2.45) is 5.92 Å². The lowest BCUT2D eigenvalue weighted by Crippen LogP contribution is -2.43. The maximum atomic E-state index is 13.1. The Morgan fingerprint density at radius 3 is 2.90 bits per heavy atom. The van der Waals surface area contributed by atoms with Crippen LogP contribution in [0.1, 0.15) is 43.5 Å². The van der Waals surface area contributed by atoms with Gasteiger partial charge in [-0.25, -0.2) is 9.78 Å². The normalized spacial score (nSPS) is 14.6. The van der Waals surface area contributed by atoms with Crippen LogP contribution in [0.3, 0.4) is 0 Å². The molecule has 1 aromatic carbocycles. The topological polar surface area (TPSA) is 78.8 Å². The van der Waals surface area contributed by atoms with Crippen molar-refractivity contribution in [1.29, 1.82) is 0 Å². The number of aromatic amines is 1. The summed E-state index contributed by atoms with van der Waals surface area (Å²) in [5.74, 6) is 0.575. The van der Waals surface area contributed by atoms with Crippen LogP contribution in [-0.2, 0) is 6.54 Å². The Morgan fingerprint density at radius 2 is 2.14 bits per heavy atom. The summed E-state index contributed by atoms with van der Waals surface area (Å²) < 4.78 is 2.11. The minimum atomic E-state index is -0.0224. The number of carbonyl (C=O) groups is 1. The molecule has 2 amide bonds. The standard InChI is InChI=1S/C22H30N6O/c1-16-13-23-15-27(16)11-5-10-24-22(29)28(14-18-6-3-4-7-18)19-8-9-20-17(2)25-26-21(20)12-19/h8-9,12-13,15,18H,3-7,10-11,14H2,1-2H3,(H,24,29)(H,25,26). The molecule has 2 heterocycles. The summed E-state index contributed by atoms with van der Waals surface area (Å²) in [5, 5.41) is 11.6. The molecule has 2 N–H and O–H groups in total. The van der Waals surface area contributed by atoms with Gasteiger partial charge < -0.3 is 9.88 Å². The minimum absolute atomic E-state index is 0.0224. The third-order valence-electron chi connectivity index (χ3n) is 5.97. The fourth-order valence-electron chi connectivity index (χ4n) is 4.22. The number of nitrogens with one attached hydrogen (secondary N) is 2. The maximum absolute atomic E-state index is 13.1. The number of carbonyl (C=O) groups excluding carboxylic acids is 1. The third-order valence-corrected chi connectivity index (χ3v) is 5.97. The van der Waals surface area contributed by atoms with Gasteiger partial charge in [-0.15, -0.1) is 0 Å². The highest BCUT2D eigenvalue weighted by molar-refractivity contribution is 5.95. The first-order valence-corrected chi connectivity index (χ1v) is 10.6. The van der Waals surface area contributed by atoms with Gasteiger partial charge in [0.2, 0.25) is 0 Å². The number of rotatable bonds is 7. The van der Waals surface area contributed by atoms with Crippen LogP contribution in [0, 0.1) is 19.8 Å². The largest absolute Gasteiger partial charge is 0.338 e. The molecule has 0 atom stereocenters. The molecule has 0 saturated heterocycles. The summed E-state index contributed by atoms with van der Waals surface area (Å²) in [6.45, 7) is 6.32. The molecule has 1 fully saturated rings. The predicted octanol–water partition coefficient (Wildman–Crippen LogP) is 4.17. The number of aromatic nitrogens is 4. The van der Waals surface area contributed by atoms with Crippen LogP contribution < -0.4 is 10.2 Å². The van der Waals surface area contributed by atoms with Crippen molar-refractivity contribution in [1.82, 2.24) is 25.1 Å². The molecule has 0 unspecified atom stereocenters. The summed E-state index contributed by atoms with van der Waals surface area (Å²) in [6, 6.07) is 6.09. The Bertz CT molecular complexity index is 969. The Morgan fingerprint density at radius 1 is 1.31 bits per heavy atom. The van der Waals surface area contributed by atoms with Crippen molar-refractivity contribution >= 4 is 22.6 Å². The molecular weight excluding hydrogens is 364 g/mol. The summed E-state index contributed by atoms with van der Waals surface area (Å²) in [7, 11) is 0. The predicted molar refractivity (Wildman–Crippen MR) is 115 cm³/mol. The fourth-order valence-corrected chi connectivity index (χ4v) is 4.22. The van der Waals surface area contributed by atoms with Crippen molar-refractivity contribution in [2.45, 2.75) is 52.5 Å². The second kappa shape index (κ2) is 8.68. The van der Waals surface area contributed by atoms with Crippen LogP contribution in [0.4, 0.5) is 10.5 Å². The number of benzene rings is 1. The highest BCUT2D eigenvalue weighted by Gasteiger charge is 2.23. The zero-order valence-electron chi connectivity index (χ0n) is 17.3. The Labute approximate surface area is 171 Å². The molecule has 0 spiro atoms. The summed E-state index contributed by atoms with van der Waals surface area (Å²) in [4.78, 5) is 19.1. The number of imidazole rings is 1. The Kier molecular flexibility index (Phi) is 5.83. The van der Waals surface area contributed by atoms with E-state index in [0.717, 1.165) is 47.5 Å². The van der Waals surface area contributed by atoms with Gasteiger partial charge in [0.15, 0.2) is 0 Å². The van der Waals surface area contributed by atoms with E-state index in [1.54, 1.807) is 0 Å². The molecule has 0 aliphatic heterocycles. The van der Waals surface area contributed by atoms with Crippen molar-refractivity contribution < 1.29 is 4.79 Å². The molecule has 1 aliphatic rings. The lowest BCUT2D eigenvalue weighted by atomic mass is 10.1. The summed E-state index contributed by atoms with van der Waals surface area (Å²) in [6.07, 6.45) is 9.50. The van der Waals surface area contributed by atoms with E-state index in [2.05, 4.69) is 31.1 Å². The molecule has 1 saturated carbocycles.